The minimum atomic E-state index is -4.52. The van der Waals surface area contributed by atoms with Crippen LogP contribution in [0.3, 0.4) is 0 Å². The molecule has 2 N–H and O–H groups in total. The van der Waals surface area contributed by atoms with Gasteiger partial charge in [0.15, 0.2) is 0 Å². The molecule has 23 heavy (non-hydrogen) atoms. The Morgan fingerprint density at radius 1 is 1.22 bits per heavy atom. The number of rotatable bonds is 2. The molecule has 1 aromatic carbocycles. The minimum absolute atomic E-state index is 0.0145. The fourth-order valence-corrected chi connectivity index (χ4v) is 2.85. The van der Waals surface area contributed by atoms with Gasteiger partial charge in [-0.2, -0.15) is 13.2 Å². The molecule has 9 heteroatoms. The molecule has 1 unspecified atom stereocenters. The van der Waals surface area contributed by atoms with E-state index in [2.05, 4.69) is 0 Å². The SMILES string of the molecule is CC1(C(F)(F)F)Cc2cc(N(O)O)c(N3CCOCC3)cc2O1. The topological polar surface area (TPSA) is 65.4 Å². The highest BCUT2D eigenvalue weighted by Crippen LogP contribution is 2.47. The van der Waals surface area contributed by atoms with Crippen LogP contribution in [-0.2, 0) is 11.2 Å². The Kier molecular flexibility index (Phi) is 3.81. The van der Waals surface area contributed by atoms with E-state index in [1.165, 1.54) is 12.1 Å². The normalized spacial score (nSPS) is 24.3. The van der Waals surface area contributed by atoms with Gasteiger partial charge < -0.3 is 14.4 Å². The van der Waals surface area contributed by atoms with E-state index in [1.807, 2.05) is 4.90 Å². The van der Waals surface area contributed by atoms with Gasteiger partial charge in [0.2, 0.25) is 5.60 Å². The summed E-state index contributed by atoms with van der Waals surface area (Å²) in [6.45, 7) is 2.88. The summed E-state index contributed by atoms with van der Waals surface area (Å²) in [7, 11) is 0. The number of halogens is 3. The van der Waals surface area contributed by atoms with Crippen LogP contribution in [0.1, 0.15) is 12.5 Å². The second-order valence-electron chi connectivity index (χ2n) is 5.84. The molecule has 0 bridgehead atoms. The Morgan fingerprint density at radius 3 is 2.43 bits per heavy atom. The minimum Gasteiger partial charge on any atom is -0.477 e. The molecule has 1 saturated heterocycles. The molecule has 2 aliphatic heterocycles. The van der Waals surface area contributed by atoms with Crippen molar-refractivity contribution >= 4 is 11.4 Å². The summed E-state index contributed by atoms with van der Waals surface area (Å²) in [6, 6.07) is 2.74. The van der Waals surface area contributed by atoms with Gasteiger partial charge >= 0.3 is 6.18 Å². The van der Waals surface area contributed by atoms with Crippen LogP contribution in [0.2, 0.25) is 0 Å². The second kappa shape index (κ2) is 5.43. The lowest BCUT2D eigenvalue weighted by Gasteiger charge is -2.31. The average molecular weight is 334 g/mol. The maximum atomic E-state index is 13.2. The highest BCUT2D eigenvalue weighted by Gasteiger charge is 2.57. The van der Waals surface area contributed by atoms with Crippen LogP contribution >= 0.6 is 0 Å². The summed E-state index contributed by atoms with van der Waals surface area (Å²) in [5.74, 6) is 0.108. The number of benzene rings is 1. The predicted molar refractivity (Wildman–Crippen MR) is 74.3 cm³/mol. The summed E-state index contributed by atoms with van der Waals surface area (Å²) >= 11 is 0. The van der Waals surface area contributed by atoms with E-state index in [9.17, 15) is 23.6 Å². The third kappa shape index (κ3) is 2.79. The molecule has 128 valence electrons. The van der Waals surface area contributed by atoms with Gasteiger partial charge in [-0.05, 0) is 13.0 Å². The third-order valence-corrected chi connectivity index (χ3v) is 4.19. The zero-order chi connectivity index (χ0) is 16.8. The maximum Gasteiger partial charge on any atom is 0.428 e. The first-order chi connectivity index (χ1) is 10.7. The van der Waals surface area contributed by atoms with Crippen molar-refractivity contribution in [1.82, 2.24) is 0 Å². The highest BCUT2D eigenvalue weighted by molar-refractivity contribution is 5.74. The summed E-state index contributed by atoms with van der Waals surface area (Å²) < 4.78 is 49.9. The number of hydrogen-bond donors (Lipinski definition) is 2. The lowest BCUT2D eigenvalue weighted by atomic mass is 9.98. The number of morpholine rings is 1. The summed E-state index contributed by atoms with van der Waals surface area (Å²) in [5, 5.41) is 18.8. The Labute approximate surface area is 130 Å². The van der Waals surface area contributed by atoms with Gasteiger partial charge in [-0.15, -0.1) is 5.23 Å². The maximum absolute atomic E-state index is 13.2. The molecule has 0 amide bonds. The zero-order valence-corrected chi connectivity index (χ0v) is 12.4. The molecule has 0 spiro atoms. The van der Waals surface area contributed by atoms with Gasteiger partial charge in [0.25, 0.3) is 0 Å². The van der Waals surface area contributed by atoms with Crippen molar-refractivity contribution in [2.75, 3.05) is 36.4 Å². The first kappa shape index (κ1) is 16.2. The van der Waals surface area contributed by atoms with Crippen molar-refractivity contribution in [1.29, 1.82) is 0 Å². The standard InChI is InChI=1S/C14H17F3N2O4/c1-13(14(15,16)17)8-9-6-11(19(20)21)10(7-12(9)23-13)18-2-4-22-5-3-18/h6-7,20-21H,2-5,8H2,1H3. The molecule has 2 aliphatic rings. The van der Waals surface area contributed by atoms with Crippen molar-refractivity contribution in [2.24, 2.45) is 0 Å². The largest absolute Gasteiger partial charge is 0.477 e. The molecule has 6 nitrogen and oxygen atoms in total. The molecule has 3 rings (SSSR count). The van der Waals surface area contributed by atoms with Gasteiger partial charge in [-0.3, -0.25) is 10.4 Å². The molecule has 1 aromatic rings. The lowest BCUT2D eigenvalue weighted by Crippen LogP contribution is -2.46. The number of anilines is 2. The van der Waals surface area contributed by atoms with E-state index in [-0.39, 0.29) is 28.6 Å². The average Bonchev–Trinajstić information content (AvgIpc) is 2.83. The van der Waals surface area contributed by atoms with Crippen LogP contribution in [-0.4, -0.2) is 48.5 Å². The van der Waals surface area contributed by atoms with Crippen molar-refractivity contribution in [3.05, 3.63) is 17.7 Å². The van der Waals surface area contributed by atoms with E-state index in [0.717, 1.165) is 6.92 Å². The van der Waals surface area contributed by atoms with Gasteiger partial charge in [0.1, 0.15) is 11.4 Å². The van der Waals surface area contributed by atoms with Crippen molar-refractivity contribution in [3.63, 3.8) is 0 Å². The summed E-state index contributed by atoms with van der Waals surface area (Å²) in [4.78, 5) is 1.81. The van der Waals surface area contributed by atoms with Gasteiger partial charge in [0, 0.05) is 31.1 Å². The van der Waals surface area contributed by atoms with Crippen molar-refractivity contribution in [3.8, 4) is 5.75 Å². The van der Waals surface area contributed by atoms with Crippen molar-refractivity contribution in [2.45, 2.75) is 25.1 Å². The molecule has 0 radical (unpaired) electrons. The molecule has 0 aromatic heterocycles. The first-order valence-electron chi connectivity index (χ1n) is 7.14. The van der Waals surface area contributed by atoms with Crippen LogP contribution < -0.4 is 14.9 Å². The first-order valence-corrected chi connectivity index (χ1v) is 7.14. The van der Waals surface area contributed by atoms with Crippen LogP contribution in [0.15, 0.2) is 12.1 Å². The lowest BCUT2D eigenvalue weighted by molar-refractivity contribution is -0.235. The Balaban J connectivity index is 2.00. The molecular weight excluding hydrogens is 317 g/mol. The van der Waals surface area contributed by atoms with Crippen LogP contribution in [0.5, 0.6) is 5.75 Å². The van der Waals surface area contributed by atoms with Crippen molar-refractivity contribution < 1.29 is 33.1 Å². The smallest absolute Gasteiger partial charge is 0.428 e. The fourth-order valence-electron chi connectivity index (χ4n) is 2.85. The Bertz CT molecular complexity index is 602. The molecular formula is C14H17F3N2O4. The number of hydrogen-bond acceptors (Lipinski definition) is 6. The Hall–Kier alpha value is -1.71. The van der Waals surface area contributed by atoms with Crippen LogP contribution in [0.25, 0.3) is 0 Å². The van der Waals surface area contributed by atoms with E-state index < -0.39 is 11.8 Å². The summed E-state index contributed by atoms with van der Waals surface area (Å²) in [6.07, 6.45) is -4.90. The van der Waals surface area contributed by atoms with E-state index in [4.69, 9.17) is 9.47 Å². The molecule has 2 heterocycles. The zero-order valence-electron chi connectivity index (χ0n) is 12.4. The predicted octanol–water partition coefficient (Wildman–Crippen LogP) is 2.36. The van der Waals surface area contributed by atoms with Crippen LogP contribution in [0.4, 0.5) is 24.5 Å². The number of nitrogens with zero attached hydrogens (tertiary/aromatic N) is 2. The molecule has 1 atom stereocenters. The van der Waals surface area contributed by atoms with E-state index in [0.29, 0.717) is 32.0 Å². The van der Waals surface area contributed by atoms with E-state index in [1.54, 1.807) is 0 Å². The number of ether oxygens (including phenoxy) is 2. The quantitative estimate of drug-likeness (QED) is 0.810. The Morgan fingerprint density at radius 2 is 1.87 bits per heavy atom. The second-order valence-corrected chi connectivity index (χ2v) is 5.84. The fraction of sp³-hybridized carbons (Fsp3) is 0.571. The van der Waals surface area contributed by atoms with Gasteiger partial charge in [-0.25, -0.2) is 0 Å². The number of alkyl halides is 3. The van der Waals surface area contributed by atoms with Gasteiger partial charge in [-0.1, -0.05) is 0 Å². The number of fused-ring (bicyclic) bond motifs is 1. The third-order valence-electron chi connectivity index (χ3n) is 4.19. The molecule has 0 saturated carbocycles. The van der Waals surface area contributed by atoms with Gasteiger partial charge in [0.05, 0.1) is 18.9 Å². The van der Waals surface area contributed by atoms with Crippen LogP contribution in [0, 0.1) is 0 Å². The molecule has 0 aliphatic carbocycles. The monoisotopic (exact) mass is 334 g/mol. The highest BCUT2D eigenvalue weighted by atomic mass is 19.4. The van der Waals surface area contributed by atoms with E-state index >= 15 is 0 Å². The summed E-state index contributed by atoms with van der Waals surface area (Å²) in [5.41, 5.74) is -1.62. The molecule has 1 fully saturated rings.